The minimum Gasteiger partial charge on any atom is -0.374 e. The predicted octanol–water partition coefficient (Wildman–Crippen LogP) is 0.147. The molecule has 6 nitrogen and oxygen atoms in total. The van der Waals surface area contributed by atoms with Crippen molar-refractivity contribution in [2.75, 3.05) is 26.2 Å². The average Bonchev–Trinajstić information content (AvgIpc) is 2.47. The van der Waals surface area contributed by atoms with Crippen LogP contribution < -0.4 is 10.6 Å². The fourth-order valence-corrected chi connectivity index (χ4v) is 2.03. The van der Waals surface area contributed by atoms with Crippen molar-refractivity contribution in [2.45, 2.75) is 25.9 Å². The van der Waals surface area contributed by atoms with E-state index in [0.717, 1.165) is 31.6 Å². The summed E-state index contributed by atoms with van der Waals surface area (Å²) in [6, 6.07) is 0. The number of nitrogens with zero attached hydrogens (tertiary/aromatic N) is 2. The van der Waals surface area contributed by atoms with E-state index < -0.39 is 0 Å². The molecule has 1 aromatic rings. The molecule has 0 spiro atoms. The van der Waals surface area contributed by atoms with E-state index in [9.17, 15) is 4.79 Å². The van der Waals surface area contributed by atoms with E-state index in [1.165, 1.54) is 6.33 Å². The fourth-order valence-electron chi connectivity index (χ4n) is 2.03. The molecule has 1 saturated heterocycles. The van der Waals surface area contributed by atoms with Crippen molar-refractivity contribution in [1.82, 2.24) is 20.6 Å². The summed E-state index contributed by atoms with van der Waals surface area (Å²) in [5, 5.41) is 6.11. The number of nitrogens with one attached hydrogen (secondary N) is 2. The van der Waals surface area contributed by atoms with Crippen molar-refractivity contribution in [2.24, 2.45) is 0 Å². The van der Waals surface area contributed by atoms with Crippen molar-refractivity contribution in [3.63, 3.8) is 0 Å². The number of amides is 1. The molecule has 1 fully saturated rings. The number of carbonyl (C=O) groups is 1. The van der Waals surface area contributed by atoms with Crippen LogP contribution in [0.1, 0.15) is 29.4 Å². The molecule has 0 radical (unpaired) electrons. The first-order valence-corrected chi connectivity index (χ1v) is 6.70. The van der Waals surface area contributed by atoms with Gasteiger partial charge in [-0.25, -0.2) is 9.97 Å². The third-order valence-electron chi connectivity index (χ3n) is 3.02. The highest BCUT2D eigenvalue weighted by Gasteiger charge is 2.16. The van der Waals surface area contributed by atoms with E-state index in [2.05, 4.69) is 27.5 Å². The topological polar surface area (TPSA) is 76.1 Å². The minimum atomic E-state index is -0.127. The lowest BCUT2D eigenvalue weighted by atomic mass is 10.1. The highest BCUT2D eigenvalue weighted by molar-refractivity contribution is 5.94. The summed E-state index contributed by atoms with van der Waals surface area (Å²) in [6.07, 6.45) is 4.83. The fraction of sp³-hybridized carbons (Fsp3) is 0.615. The molecule has 0 saturated carbocycles. The van der Waals surface area contributed by atoms with Gasteiger partial charge in [0.25, 0.3) is 5.91 Å². The molecule has 1 aliphatic rings. The lowest BCUT2D eigenvalue weighted by Gasteiger charge is -2.23. The van der Waals surface area contributed by atoms with E-state index in [1.54, 1.807) is 6.20 Å². The quantitative estimate of drug-likeness (QED) is 0.791. The third-order valence-corrected chi connectivity index (χ3v) is 3.02. The zero-order valence-corrected chi connectivity index (χ0v) is 11.2. The van der Waals surface area contributed by atoms with Gasteiger partial charge in [-0.3, -0.25) is 4.79 Å². The van der Waals surface area contributed by atoms with Crippen molar-refractivity contribution < 1.29 is 9.53 Å². The van der Waals surface area contributed by atoms with Crippen molar-refractivity contribution in [3.05, 3.63) is 23.8 Å². The number of carbonyl (C=O) groups excluding carboxylic acids is 1. The summed E-state index contributed by atoms with van der Waals surface area (Å²) in [7, 11) is 0. The smallest absolute Gasteiger partial charge is 0.254 e. The van der Waals surface area contributed by atoms with Gasteiger partial charge < -0.3 is 15.4 Å². The molecular weight excluding hydrogens is 244 g/mol. The van der Waals surface area contributed by atoms with Crippen LogP contribution in [-0.2, 0) is 11.2 Å². The first-order valence-electron chi connectivity index (χ1n) is 6.70. The number of aryl methyl sites for hydroxylation is 1. The molecule has 1 atom stereocenters. The van der Waals surface area contributed by atoms with Crippen molar-refractivity contribution >= 4 is 5.91 Å². The van der Waals surface area contributed by atoms with Gasteiger partial charge in [-0.15, -0.1) is 0 Å². The number of aromatic nitrogens is 2. The van der Waals surface area contributed by atoms with E-state index in [4.69, 9.17) is 4.74 Å². The molecule has 2 heterocycles. The Hall–Kier alpha value is -1.53. The summed E-state index contributed by atoms with van der Waals surface area (Å²) in [5.74, 6) is -0.127. The first-order chi connectivity index (χ1) is 9.31. The van der Waals surface area contributed by atoms with Gasteiger partial charge in [0.05, 0.1) is 24.0 Å². The maximum absolute atomic E-state index is 12.1. The SMILES string of the molecule is CCCc1ncncc1C(=O)NCC1CNCCO1. The van der Waals surface area contributed by atoms with E-state index >= 15 is 0 Å². The van der Waals surface area contributed by atoms with E-state index in [-0.39, 0.29) is 12.0 Å². The molecule has 1 unspecified atom stereocenters. The Bertz CT molecular complexity index is 419. The molecule has 19 heavy (non-hydrogen) atoms. The number of rotatable bonds is 5. The molecule has 0 bridgehead atoms. The second-order valence-electron chi connectivity index (χ2n) is 4.54. The lowest BCUT2D eigenvalue weighted by molar-refractivity contribution is 0.0287. The second kappa shape index (κ2) is 7.16. The van der Waals surface area contributed by atoms with Crippen LogP contribution >= 0.6 is 0 Å². The number of hydrogen-bond donors (Lipinski definition) is 2. The Labute approximate surface area is 113 Å². The number of morpholine rings is 1. The number of ether oxygens (including phenoxy) is 1. The molecule has 1 aromatic heterocycles. The van der Waals surface area contributed by atoms with Crippen molar-refractivity contribution in [3.8, 4) is 0 Å². The molecular formula is C13H20N4O2. The maximum Gasteiger partial charge on any atom is 0.254 e. The monoisotopic (exact) mass is 264 g/mol. The van der Waals surface area contributed by atoms with Crippen molar-refractivity contribution in [1.29, 1.82) is 0 Å². The van der Waals surface area contributed by atoms with Crippen LogP contribution in [0.15, 0.2) is 12.5 Å². The summed E-state index contributed by atoms with van der Waals surface area (Å²) in [6.45, 7) is 4.90. The molecule has 0 aliphatic carbocycles. The van der Waals surface area contributed by atoms with Crippen LogP contribution in [-0.4, -0.2) is 48.2 Å². The average molecular weight is 264 g/mol. The van der Waals surface area contributed by atoms with Crippen LogP contribution in [0, 0.1) is 0 Å². The predicted molar refractivity (Wildman–Crippen MR) is 71.0 cm³/mol. The molecule has 2 N–H and O–H groups in total. The normalized spacial score (nSPS) is 19.1. The number of hydrogen-bond acceptors (Lipinski definition) is 5. The Morgan fingerprint density at radius 3 is 3.26 bits per heavy atom. The zero-order valence-electron chi connectivity index (χ0n) is 11.2. The van der Waals surface area contributed by atoms with E-state index in [0.29, 0.717) is 18.7 Å². The highest BCUT2D eigenvalue weighted by atomic mass is 16.5. The molecule has 2 rings (SSSR count). The van der Waals surface area contributed by atoms with Gasteiger partial charge in [0.15, 0.2) is 0 Å². The molecule has 1 aliphatic heterocycles. The largest absolute Gasteiger partial charge is 0.374 e. The van der Waals surface area contributed by atoms with Crippen LogP contribution in [0.3, 0.4) is 0 Å². The van der Waals surface area contributed by atoms with Gasteiger partial charge in [-0.05, 0) is 6.42 Å². The Morgan fingerprint density at radius 1 is 1.63 bits per heavy atom. The Morgan fingerprint density at radius 2 is 2.53 bits per heavy atom. The van der Waals surface area contributed by atoms with Crippen LogP contribution in [0.2, 0.25) is 0 Å². The molecule has 6 heteroatoms. The van der Waals surface area contributed by atoms with Crippen LogP contribution in [0.4, 0.5) is 0 Å². The molecule has 0 aromatic carbocycles. The highest BCUT2D eigenvalue weighted by Crippen LogP contribution is 2.06. The van der Waals surface area contributed by atoms with Gasteiger partial charge in [0.1, 0.15) is 6.33 Å². The van der Waals surface area contributed by atoms with Gasteiger partial charge in [0.2, 0.25) is 0 Å². The summed E-state index contributed by atoms with van der Waals surface area (Å²) in [4.78, 5) is 20.2. The summed E-state index contributed by atoms with van der Waals surface area (Å²) >= 11 is 0. The van der Waals surface area contributed by atoms with Gasteiger partial charge in [0, 0.05) is 25.8 Å². The van der Waals surface area contributed by atoms with Gasteiger partial charge >= 0.3 is 0 Å². The van der Waals surface area contributed by atoms with Crippen LogP contribution in [0.5, 0.6) is 0 Å². The minimum absolute atomic E-state index is 0.0388. The molecule has 1 amide bonds. The van der Waals surface area contributed by atoms with Crippen LogP contribution in [0.25, 0.3) is 0 Å². The maximum atomic E-state index is 12.1. The second-order valence-corrected chi connectivity index (χ2v) is 4.54. The Balaban J connectivity index is 1.91. The summed E-state index contributed by atoms with van der Waals surface area (Å²) in [5.41, 5.74) is 1.37. The summed E-state index contributed by atoms with van der Waals surface area (Å²) < 4.78 is 5.53. The Kier molecular flexibility index (Phi) is 5.23. The first kappa shape index (κ1) is 13.9. The standard InChI is InChI=1S/C13H20N4O2/c1-2-3-12-11(8-15-9-17-12)13(18)16-7-10-6-14-4-5-19-10/h8-10,14H,2-7H2,1H3,(H,16,18). The van der Waals surface area contributed by atoms with Gasteiger partial charge in [-0.2, -0.15) is 0 Å². The third kappa shape index (κ3) is 3.97. The molecule has 104 valence electrons. The van der Waals surface area contributed by atoms with E-state index in [1.807, 2.05) is 0 Å². The van der Waals surface area contributed by atoms with Gasteiger partial charge in [-0.1, -0.05) is 13.3 Å². The zero-order chi connectivity index (χ0) is 13.5. The lowest BCUT2D eigenvalue weighted by Crippen LogP contribution is -2.45.